The quantitative estimate of drug-likeness (QED) is 0.606. The molecule has 2 aromatic rings. The molecule has 0 amide bonds. The Morgan fingerprint density at radius 1 is 0.857 bits per heavy atom. The van der Waals surface area contributed by atoms with Crippen LogP contribution in [-0.2, 0) is 0 Å². The van der Waals surface area contributed by atoms with Crippen molar-refractivity contribution in [3.8, 4) is 11.5 Å². The molecule has 2 nitrogen and oxygen atoms in total. The van der Waals surface area contributed by atoms with Crippen LogP contribution in [0.4, 0.5) is 0 Å². The van der Waals surface area contributed by atoms with Gasteiger partial charge in [0.15, 0.2) is 11.5 Å². The van der Waals surface area contributed by atoms with E-state index in [1.807, 2.05) is 18.2 Å². The van der Waals surface area contributed by atoms with Gasteiger partial charge in [0.25, 0.3) is 0 Å². The second kappa shape index (κ2) is 7.92. The van der Waals surface area contributed by atoms with E-state index >= 15 is 0 Å². The molecule has 0 aliphatic carbocycles. The SMILES string of the molecule is [CH2]c1cccc2c(OCCCC)c(OCCCC)ccc12. The van der Waals surface area contributed by atoms with E-state index in [-0.39, 0.29) is 0 Å². The van der Waals surface area contributed by atoms with E-state index in [1.54, 1.807) is 0 Å². The van der Waals surface area contributed by atoms with Gasteiger partial charge in [0.1, 0.15) is 0 Å². The fraction of sp³-hybridized carbons (Fsp3) is 0.421. The smallest absolute Gasteiger partial charge is 0.168 e. The lowest BCUT2D eigenvalue weighted by atomic mass is 10.0. The van der Waals surface area contributed by atoms with Crippen LogP contribution in [-0.4, -0.2) is 13.2 Å². The summed E-state index contributed by atoms with van der Waals surface area (Å²) in [5.74, 6) is 1.71. The Labute approximate surface area is 128 Å². The van der Waals surface area contributed by atoms with Gasteiger partial charge in [-0.25, -0.2) is 0 Å². The molecule has 0 aliphatic heterocycles. The fourth-order valence-corrected chi connectivity index (χ4v) is 2.28. The number of benzene rings is 2. The molecule has 2 rings (SSSR count). The molecular formula is C19H25O2. The Kier molecular flexibility index (Phi) is 5.91. The number of ether oxygens (including phenoxy) is 2. The van der Waals surface area contributed by atoms with Crippen LogP contribution in [0.25, 0.3) is 10.8 Å². The van der Waals surface area contributed by atoms with Gasteiger partial charge >= 0.3 is 0 Å². The van der Waals surface area contributed by atoms with Gasteiger partial charge in [0.2, 0.25) is 0 Å². The lowest BCUT2D eigenvalue weighted by Crippen LogP contribution is -2.03. The molecular weight excluding hydrogens is 260 g/mol. The first-order chi connectivity index (χ1) is 10.3. The molecule has 0 aromatic heterocycles. The molecule has 0 fully saturated rings. The first-order valence-electron chi connectivity index (χ1n) is 7.91. The van der Waals surface area contributed by atoms with E-state index < -0.39 is 0 Å². The van der Waals surface area contributed by atoms with Crippen molar-refractivity contribution < 1.29 is 9.47 Å². The van der Waals surface area contributed by atoms with Crippen LogP contribution in [0.5, 0.6) is 11.5 Å². The molecule has 0 saturated carbocycles. The van der Waals surface area contributed by atoms with E-state index in [4.69, 9.17) is 9.47 Å². The van der Waals surface area contributed by atoms with E-state index in [0.29, 0.717) is 0 Å². The molecule has 0 saturated heterocycles. The molecule has 113 valence electrons. The maximum atomic E-state index is 6.02. The van der Waals surface area contributed by atoms with Gasteiger partial charge in [-0.15, -0.1) is 0 Å². The molecule has 21 heavy (non-hydrogen) atoms. The van der Waals surface area contributed by atoms with Gasteiger partial charge in [-0.3, -0.25) is 0 Å². The minimum absolute atomic E-state index is 0.723. The van der Waals surface area contributed by atoms with E-state index in [1.165, 1.54) is 0 Å². The highest BCUT2D eigenvalue weighted by Crippen LogP contribution is 2.37. The summed E-state index contributed by atoms with van der Waals surface area (Å²) in [7, 11) is 0. The maximum absolute atomic E-state index is 6.02. The van der Waals surface area contributed by atoms with Crippen LogP contribution < -0.4 is 9.47 Å². The highest BCUT2D eigenvalue weighted by Gasteiger charge is 2.11. The number of hydrogen-bond donors (Lipinski definition) is 0. The minimum atomic E-state index is 0.723. The number of unbranched alkanes of at least 4 members (excludes halogenated alkanes) is 2. The number of hydrogen-bond acceptors (Lipinski definition) is 2. The van der Waals surface area contributed by atoms with Crippen LogP contribution >= 0.6 is 0 Å². The Bertz CT molecular complexity index is 575. The van der Waals surface area contributed by atoms with Crippen LogP contribution in [0.1, 0.15) is 45.1 Å². The third-order valence-corrected chi connectivity index (χ3v) is 3.57. The van der Waals surface area contributed by atoms with Crippen molar-refractivity contribution in [1.29, 1.82) is 0 Å². The topological polar surface area (TPSA) is 18.5 Å². The van der Waals surface area contributed by atoms with Crippen molar-refractivity contribution in [2.45, 2.75) is 39.5 Å². The van der Waals surface area contributed by atoms with Crippen LogP contribution in [0, 0.1) is 6.92 Å². The number of rotatable bonds is 8. The molecule has 2 heteroatoms. The Morgan fingerprint density at radius 3 is 2.29 bits per heavy atom. The maximum Gasteiger partial charge on any atom is 0.168 e. The van der Waals surface area contributed by atoms with Gasteiger partial charge < -0.3 is 9.47 Å². The molecule has 0 spiro atoms. The van der Waals surface area contributed by atoms with Gasteiger partial charge in [0, 0.05) is 5.39 Å². The van der Waals surface area contributed by atoms with Crippen LogP contribution in [0.3, 0.4) is 0 Å². The zero-order valence-corrected chi connectivity index (χ0v) is 13.2. The first kappa shape index (κ1) is 15.7. The van der Waals surface area contributed by atoms with E-state index in [0.717, 1.165) is 66.7 Å². The van der Waals surface area contributed by atoms with Crippen molar-refractivity contribution in [2.75, 3.05) is 13.2 Å². The zero-order valence-electron chi connectivity index (χ0n) is 13.2. The Balaban J connectivity index is 2.34. The van der Waals surface area contributed by atoms with Gasteiger partial charge in [-0.1, -0.05) is 51.0 Å². The predicted molar refractivity (Wildman–Crippen MR) is 89.2 cm³/mol. The molecule has 0 aliphatic rings. The summed E-state index contributed by atoms with van der Waals surface area (Å²) >= 11 is 0. The standard InChI is InChI=1S/C19H25O2/c1-4-6-13-20-18-12-11-16-15(3)9-8-10-17(16)19(18)21-14-7-5-2/h8-12H,3-7,13-14H2,1-2H3. The highest BCUT2D eigenvalue weighted by atomic mass is 16.5. The predicted octanol–water partition coefficient (Wildman–Crippen LogP) is 5.38. The summed E-state index contributed by atoms with van der Waals surface area (Å²) in [6, 6.07) is 10.2. The summed E-state index contributed by atoms with van der Waals surface area (Å²) in [5.41, 5.74) is 1.02. The Morgan fingerprint density at radius 2 is 1.57 bits per heavy atom. The lowest BCUT2D eigenvalue weighted by molar-refractivity contribution is 0.264. The van der Waals surface area contributed by atoms with E-state index in [9.17, 15) is 0 Å². The molecule has 0 atom stereocenters. The number of fused-ring (bicyclic) bond motifs is 1. The lowest BCUT2D eigenvalue weighted by Gasteiger charge is -2.16. The summed E-state index contributed by atoms with van der Waals surface area (Å²) < 4.78 is 11.9. The van der Waals surface area contributed by atoms with Gasteiger partial charge in [0.05, 0.1) is 13.2 Å². The molecule has 2 aromatic carbocycles. The highest BCUT2D eigenvalue weighted by molar-refractivity contribution is 5.93. The average molecular weight is 285 g/mol. The molecule has 1 radical (unpaired) electrons. The van der Waals surface area contributed by atoms with Crippen molar-refractivity contribution in [1.82, 2.24) is 0 Å². The van der Waals surface area contributed by atoms with Crippen LogP contribution in [0.15, 0.2) is 30.3 Å². The molecule has 0 unspecified atom stereocenters. The van der Waals surface area contributed by atoms with Gasteiger partial charge in [-0.05, 0) is 36.8 Å². The molecule has 0 N–H and O–H groups in total. The second-order valence-electron chi connectivity index (χ2n) is 5.31. The summed E-state index contributed by atoms with van der Waals surface area (Å²) in [6.45, 7) is 9.88. The Hall–Kier alpha value is -1.70. The van der Waals surface area contributed by atoms with Crippen LogP contribution in [0.2, 0.25) is 0 Å². The van der Waals surface area contributed by atoms with Crippen molar-refractivity contribution >= 4 is 10.8 Å². The summed E-state index contributed by atoms with van der Waals surface area (Å²) in [5, 5.41) is 2.22. The molecule has 0 bridgehead atoms. The third-order valence-electron chi connectivity index (χ3n) is 3.57. The van der Waals surface area contributed by atoms with Crippen molar-refractivity contribution in [3.05, 3.63) is 42.8 Å². The fourth-order valence-electron chi connectivity index (χ4n) is 2.28. The summed E-state index contributed by atoms with van der Waals surface area (Å²) in [4.78, 5) is 0. The van der Waals surface area contributed by atoms with Gasteiger partial charge in [-0.2, -0.15) is 0 Å². The first-order valence-corrected chi connectivity index (χ1v) is 7.91. The second-order valence-corrected chi connectivity index (χ2v) is 5.31. The normalized spacial score (nSPS) is 10.8. The summed E-state index contributed by atoms with van der Waals surface area (Å²) in [6.07, 6.45) is 4.36. The monoisotopic (exact) mass is 285 g/mol. The van der Waals surface area contributed by atoms with Crippen molar-refractivity contribution in [3.63, 3.8) is 0 Å². The minimum Gasteiger partial charge on any atom is -0.490 e. The zero-order chi connectivity index (χ0) is 15.1. The largest absolute Gasteiger partial charge is 0.490 e. The third kappa shape index (κ3) is 3.90. The van der Waals surface area contributed by atoms with E-state index in [2.05, 4.69) is 32.9 Å². The van der Waals surface area contributed by atoms with Crippen molar-refractivity contribution in [2.24, 2.45) is 0 Å². The average Bonchev–Trinajstić information content (AvgIpc) is 2.49. The molecule has 0 heterocycles.